The number of amides is 1. The first-order valence-electron chi connectivity index (χ1n) is 6.33. The number of thioether (sulfide) groups is 1. The summed E-state index contributed by atoms with van der Waals surface area (Å²) in [6, 6.07) is 13.3. The SMILES string of the molecule is O=C1NC(=S)SC1=Cc1cccc(-c2ccc(Cl)c(Cl)c2)c1. The zero-order valence-electron chi connectivity index (χ0n) is 11.1. The maximum Gasteiger partial charge on any atom is 0.263 e. The molecule has 1 amide bonds. The zero-order chi connectivity index (χ0) is 15.7. The molecule has 0 saturated carbocycles. The van der Waals surface area contributed by atoms with Crippen molar-refractivity contribution in [3.05, 3.63) is 63.0 Å². The van der Waals surface area contributed by atoms with Gasteiger partial charge in [0.2, 0.25) is 0 Å². The predicted octanol–water partition coefficient (Wildman–Crippen LogP) is 5.15. The van der Waals surface area contributed by atoms with Gasteiger partial charge in [-0.15, -0.1) is 0 Å². The van der Waals surface area contributed by atoms with Crippen LogP contribution in [-0.4, -0.2) is 10.2 Å². The summed E-state index contributed by atoms with van der Waals surface area (Å²) in [4.78, 5) is 12.3. The van der Waals surface area contributed by atoms with Gasteiger partial charge in [0.15, 0.2) is 0 Å². The van der Waals surface area contributed by atoms with Crippen molar-refractivity contribution in [1.29, 1.82) is 0 Å². The Morgan fingerprint density at radius 1 is 1.05 bits per heavy atom. The van der Waals surface area contributed by atoms with Crippen LogP contribution in [0.3, 0.4) is 0 Å². The third kappa shape index (κ3) is 3.36. The van der Waals surface area contributed by atoms with Gasteiger partial charge in [-0.25, -0.2) is 0 Å². The normalized spacial score (nSPS) is 16.2. The molecule has 2 aromatic rings. The third-order valence-electron chi connectivity index (χ3n) is 3.08. The van der Waals surface area contributed by atoms with Gasteiger partial charge in [0.1, 0.15) is 4.32 Å². The molecule has 0 aromatic heterocycles. The second kappa shape index (κ2) is 6.42. The molecule has 1 N–H and O–H groups in total. The van der Waals surface area contributed by atoms with Gasteiger partial charge in [-0.3, -0.25) is 4.79 Å². The van der Waals surface area contributed by atoms with Gasteiger partial charge in [-0.1, -0.05) is 71.4 Å². The lowest BCUT2D eigenvalue weighted by molar-refractivity contribution is -0.115. The molecule has 2 aromatic carbocycles. The molecular weight excluding hydrogens is 357 g/mol. The van der Waals surface area contributed by atoms with Crippen LogP contribution in [0.15, 0.2) is 47.4 Å². The second-order valence-electron chi connectivity index (χ2n) is 4.61. The number of benzene rings is 2. The van der Waals surface area contributed by atoms with Crippen LogP contribution in [0, 0.1) is 0 Å². The number of hydrogen-bond acceptors (Lipinski definition) is 3. The molecule has 0 bridgehead atoms. The second-order valence-corrected chi connectivity index (χ2v) is 7.14. The molecule has 1 fully saturated rings. The maximum absolute atomic E-state index is 11.7. The monoisotopic (exact) mass is 365 g/mol. The van der Waals surface area contributed by atoms with Crippen LogP contribution >= 0.6 is 47.2 Å². The first-order chi connectivity index (χ1) is 10.5. The molecule has 0 atom stereocenters. The molecule has 22 heavy (non-hydrogen) atoms. The van der Waals surface area contributed by atoms with Crippen molar-refractivity contribution in [2.45, 2.75) is 0 Å². The molecule has 3 rings (SSSR count). The number of carbonyl (C=O) groups excluding carboxylic acids is 1. The van der Waals surface area contributed by atoms with Crippen LogP contribution in [0.4, 0.5) is 0 Å². The highest BCUT2D eigenvalue weighted by molar-refractivity contribution is 8.26. The predicted molar refractivity (Wildman–Crippen MR) is 98.2 cm³/mol. The lowest BCUT2D eigenvalue weighted by atomic mass is 10.0. The topological polar surface area (TPSA) is 29.1 Å². The smallest absolute Gasteiger partial charge is 0.263 e. The van der Waals surface area contributed by atoms with E-state index in [0.717, 1.165) is 16.7 Å². The maximum atomic E-state index is 11.7. The highest BCUT2D eigenvalue weighted by atomic mass is 35.5. The first-order valence-corrected chi connectivity index (χ1v) is 8.31. The van der Waals surface area contributed by atoms with Gasteiger partial charge >= 0.3 is 0 Å². The van der Waals surface area contributed by atoms with Gasteiger partial charge in [0.25, 0.3) is 5.91 Å². The number of hydrogen-bond donors (Lipinski definition) is 1. The molecule has 110 valence electrons. The van der Waals surface area contributed by atoms with Crippen molar-refractivity contribution in [2.75, 3.05) is 0 Å². The van der Waals surface area contributed by atoms with E-state index in [9.17, 15) is 4.79 Å². The van der Waals surface area contributed by atoms with E-state index in [2.05, 4.69) is 5.32 Å². The molecule has 0 spiro atoms. The highest BCUT2D eigenvalue weighted by Crippen LogP contribution is 2.30. The van der Waals surface area contributed by atoms with E-state index in [0.29, 0.717) is 19.3 Å². The molecule has 1 aliphatic rings. The first kappa shape index (κ1) is 15.6. The summed E-state index contributed by atoms with van der Waals surface area (Å²) in [6.07, 6.45) is 1.82. The summed E-state index contributed by atoms with van der Waals surface area (Å²) in [5.74, 6) is -0.157. The Labute approximate surface area is 147 Å². The zero-order valence-corrected chi connectivity index (χ0v) is 14.2. The Hall–Kier alpha value is -1.33. The van der Waals surface area contributed by atoms with Crippen LogP contribution in [0.1, 0.15) is 5.56 Å². The summed E-state index contributed by atoms with van der Waals surface area (Å²) in [6.45, 7) is 0. The number of thiocarbonyl (C=S) groups is 1. The van der Waals surface area contributed by atoms with Crippen LogP contribution in [0.25, 0.3) is 17.2 Å². The minimum absolute atomic E-state index is 0.157. The van der Waals surface area contributed by atoms with E-state index in [-0.39, 0.29) is 5.91 Å². The Kier molecular flexibility index (Phi) is 4.54. The molecular formula is C16H9Cl2NOS2. The number of nitrogens with one attached hydrogen (secondary N) is 1. The van der Waals surface area contributed by atoms with E-state index in [1.54, 1.807) is 6.07 Å². The summed E-state index contributed by atoms with van der Waals surface area (Å²) in [5.41, 5.74) is 2.89. The average molecular weight is 366 g/mol. The van der Waals surface area contributed by atoms with Crippen molar-refractivity contribution >= 4 is 63.5 Å². The minimum atomic E-state index is -0.157. The Bertz CT molecular complexity index is 818. The largest absolute Gasteiger partial charge is 0.307 e. The summed E-state index contributed by atoms with van der Waals surface area (Å²) in [7, 11) is 0. The quantitative estimate of drug-likeness (QED) is 0.589. The molecule has 1 saturated heterocycles. The minimum Gasteiger partial charge on any atom is -0.307 e. The fourth-order valence-corrected chi connectivity index (χ4v) is 3.40. The Morgan fingerprint density at radius 2 is 1.82 bits per heavy atom. The van der Waals surface area contributed by atoms with Crippen LogP contribution < -0.4 is 5.32 Å². The number of carbonyl (C=O) groups is 1. The van der Waals surface area contributed by atoms with E-state index in [4.69, 9.17) is 35.4 Å². The lowest BCUT2D eigenvalue weighted by Crippen LogP contribution is -2.17. The average Bonchev–Trinajstić information content (AvgIpc) is 2.80. The fourth-order valence-electron chi connectivity index (χ4n) is 2.06. The highest BCUT2D eigenvalue weighted by Gasteiger charge is 2.21. The van der Waals surface area contributed by atoms with E-state index in [1.807, 2.05) is 42.5 Å². The Morgan fingerprint density at radius 3 is 2.50 bits per heavy atom. The molecule has 0 unspecified atom stereocenters. The molecule has 6 heteroatoms. The van der Waals surface area contributed by atoms with Gasteiger partial charge < -0.3 is 5.32 Å². The molecule has 2 nitrogen and oxygen atoms in total. The molecule has 1 aliphatic heterocycles. The number of rotatable bonds is 2. The lowest BCUT2D eigenvalue weighted by Gasteiger charge is -2.05. The molecule has 0 radical (unpaired) electrons. The fraction of sp³-hybridized carbons (Fsp3) is 0. The van der Waals surface area contributed by atoms with Crippen LogP contribution in [0.2, 0.25) is 10.0 Å². The van der Waals surface area contributed by atoms with Gasteiger partial charge in [-0.2, -0.15) is 0 Å². The van der Waals surface area contributed by atoms with Gasteiger partial charge in [0.05, 0.1) is 15.0 Å². The van der Waals surface area contributed by atoms with Gasteiger partial charge in [-0.05, 0) is 41.0 Å². The molecule has 0 aliphatic carbocycles. The summed E-state index contributed by atoms with van der Waals surface area (Å²) in [5, 5.41) is 3.64. The van der Waals surface area contributed by atoms with E-state index >= 15 is 0 Å². The van der Waals surface area contributed by atoms with Crippen molar-refractivity contribution in [2.24, 2.45) is 0 Å². The van der Waals surface area contributed by atoms with Crippen LogP contribution in [0.5, 0.6) is 0 Å². The van der Waals surface area contributed by atoms with Crippen molar-refractivity contribution in [3.8, 4) is 11.1 Å². The van der Waals surface area contributed by atoms with Gasteiger partial charge in [0, 0.05) is 0 Å². The summed E-state index contributed by atoms with van der Waals surface area (Å²) < 4.78 is 0.483. The van der Waals surface area contributed by atoms with Crippen LogP contribution in [-0.2, 0) is 4.79 Å². The van der Waals surface area contributed by atoms with E-state index < -0.39 is 0 Å². The standard InChI is InChI=1S/C16H9Cl2NOS2/c17-12-5-4-11(8-13(12)18)10-3-1-2-9(6-10)7-14-15(20)19-16(21)22-14/h1-8H,(H,19,20,21). The van der Waals surface area contributed by atoms with Crippen molar-refractivity contribution in [1.82, 2.24) is 5.32 Å². The molecule has 1 heterocycles. The Balaban J connectivity index is 1.96. The van der Waals surface area contributed by atoms with E-state index in [1.165, 1.54) is 11.8 Å². The number of halogens is 2. The van der Waals surface area contributed by atoms with Crippen molar-refractivity contribution < 1.29 is 4.79 Å². The summed E-state index contributed by atoms with van der Waals surface area (Å²) >= 11 is 18.3. The van der Waals surface area contributed by atoms with Crippen molar-refractivity contribution in [3.63, 3.8) is 0 Å². The third-order valence-corrected chi connectivity index (χ3v) is 4.98.